The highest BCUT2D eigenvalue weighted by molar-refractivity contribution is 5.94. The van der Waals surface area contributed by atoms with E-state index in [0.717, 1.165) is 39.4 Å². The van der Waals surface area contributed by atoms with E-state index in [1.54, 1.807) is 22.7 Å². The van der Waals surface area contributed by atoms with Crippen LogP contribution in [0.15, 0.2) is 18.3 Å². The topological polar surface area (TPSA) is 83.2 Å². The van der Waals surface area contributed by atoms with Gasteiger partial charge in [-0.3, -0.25) is 14.1 Å². The highest BCUT2D eigenvalue weighted by Crippen LogP contribution is 2.22. The number of ether oxygens (including phenoxy) is 1. The largest absolute Gasteiger partial charge is 0.385 e. The van der Waals surface area contributed by atoms with Gasteiger partial charge >= 0.3 is 0 Å². The van der Waals surface area contributed by atoms with Gasteiger partial charge < -0.3 is 14.7 Å². The number of amides is 1. The summed E-state index contributed by atoms with van der Waals surface area (Å²) >= 11 is 0. The Labute approximate surface area is 152 Å². The average molecular weight is 359 g/mol. The summed E-state index contributed by atoms with van der Waals surface area (Å²) < 4.78 is 7.10. The molecule has 2 fully saturated rings. The van der Waals surface area contributed by atoms with Crippen molar-refractivity contribution in [3.05, 3.63) is 29.7 Å². The Balaban J connectivity index is 1.48. The van der Waals surface area contributed by atoms with Gasteiger partial charge in [-0.15, -0.1) is 10.2 Å². The first-order valence-electron chi connectivity index (χ1n) is 9.18. The molecule has 26 heavy (non-hydrogen) atoms. The quantitative estimate of drug-likeness (QED) is 0.860. The number of rotatable bonds is 4. The minimum atomic E-state index is -0.718. The molecule has 2 saturated heterocycles. The normalized spacial score (nSPS) is 20.5. The number of hydrogen-bond donors (Lipinski definition) is 1. The maximum absolute atomic E-state index is 12.8. The Hall–Kier alpha value is -2.03. The zero-order valence-corrected chi connectivity index (χ0v) is 15.2. The lowest BCUT2D eigenvalue weighted by Crippen LogP contribution is -2.62. The van der Waals surface area contributed by atoms with Gasteiger partial charge in [0, 0.05) is 38.4 Å². The average Bonchev–Trinajstić information content (AvgIpc) is 3.03. The van der Waals surface area contributed by atoms with Gasteiger partial charge in [0.25, 0.3) is 5.91 Å². The van der Waals surface area contributed by atoms with E-state index >= 15 is 0 Å². The Kier molecular flexibility index (Phi) is 4.64. The lowest BCUT2D eigenvalue weighted by molar-refractivity contribution is -0.0256. The Morgan fingerprint density at radius 1 is 1.23 bits per heavy atom. The van der Waals surface area contributed by atoms with Gasteiger partial charge in [0.2, 0.25) is 0 Å². The molecule has 2 aliphatic rings. The second-order valence-corrected chi connectivity index (χ2v) is 7.41. The zero-order chi connectivity index (χ0) is 18.3. The number of aromatic nitrogens is 3. The van der Waals surface area contributed by atoms with Crippen LogP contribution in [0.4, 0.5) is 0 Å². The first-order chi connectivity index (χ1) is 12.5. The van der Waals surface area contributed by atoms with E-state index in [9.17, 15) is 9.90 Å². The highest BCUT2D eigenvalue weighted by atomic mass is 16.5. The molecular weight excluding hydrogens is 334 g/mol. The molecule has 0 radical (unpaired) electrons. The van der Waals surface area contributed by atoms with Crippen molar-refractivity contribution in [1.29, 1.82) is 0 Å². The summed E-state index contributed by atoms with van der Waals surface area (Å²) in [7, 11) is 0. The van der Waals surface area contributed by atoms with E-state index in [4.69, 9.17) is 4.74 Å². The third-order valence-corrected chi connectivity index (χ3v) is 5.28. The second-order valence-electron chi connectivity index (χ2n) is 7.41. The number of carbonyl (C=O) groups is 1. The molecular formula is C18H25N5O3. The molecule has 0 aliphatic carbocycles. The van der Waals surface area contributed by atoms with Crippen LogP contribution in [0.1, 0.15) is 36.1 Å². The molecule has 2 aromatic rings. The molecule has 0 aromatic carbocycles. The van der Waals surface area contributed by atoms with Crippen LogP contribution < -0.4 is 0 Å². The van der Waals surface area contributed by atoms with Crippen molar-refractivity contribution in [3.8, 4) is 0 Å². The Morgan fingerprint density at radius 2 is 1.96 bits per heavy atom. The van der Waals surface area contributed by atoms with Crippen molar-refractivity contribution in [2.45, 2.75) is 26.0 Å². The number of hydrogen-bond acceptors (Lipinski definition) is 6. The van der Waals surface area contributed by atoms with E-state index < -0.39 is 6.10 Å². The van der Waals surface area contributed by atoms with Gasteiger partial charge in [-0.25, -0.2) is 0 Å². The van der Waals surface area contributed by atoms with Gasteiger partial charge in [0.15, 0.2) is 11.5 Å². The van der Waals surface area contributed by atoms with Crippen LogP contribution >= 0.6 is 0 Å². The summed E-state index contributed by atoms with van der Waals surface area (Å²) in [5.41, 5.74) is 1.22. The standard InChI is InChI=1S/C18H25N5O3/c1-12(2)16(24)17-20-19-15-4-3-13(9-23(15)17)18(25)22-10-14(11-22)21-5-7-26-8-6-21/h3-4,9,12,14,16,24H,5-8,10-11H2,1-2H3. The van der Waals surface area contributed by atoms with E-state index in [1.807, 2.05) is 18.7 Å². The molecule has 1 atom stereocenters. The third-order valence-electron chi connectivity index (χ3n) is 5.28. The summed E-state index contributed by atoms with van der Waals surface area (Å²) in [4.78, 5) is 17.1. The van der Waals surface area contributed by atoms with Crippen molar-refractivity contribution >= 4 is 11.6 Å². The fourth-order valence-corrected chi connectivity index (χ4v) is 3.51. The minimum Gasteiger partial charge on any atom is -0.385 e. The van der Waals surface area contributed by atoms with Gasteiger partial charge in [-0.2, -0.15) is 0 Å². The van der Waals surface area contributed by atoms with Gasteiger partial charge in [-0.1, -0.05) is 13.8 Å². The molecule has 0 bridgehead atoms. The van der Waals surface area contributed by atoms with Crippen molar-refractivity contribution in [2.75, 3.05) is 39.4 Å². The lowest BCUT2D eigenvalue weighted by Gasteiger charge is -2.46. The minimum absolute atomic E-state index is 0.00935. The number of morpholine rings is 1. The maximum atomic E-state index is 12.8. The summed E-state index contributed by atoms with van der Waals surface area (Å²) in [6.07, 6.45) is 1.02. The van der Waals surface area contributed by atoms with Crippen LogP contribution in [0.25, 0.3) is 5.65 Å². The van der Waals surface area contributed by atoms with Gasteiger partial charge in [-0.05, 0) is 18.1 Å². The van der Waals surface area contributed by atoms with Gasteiger partial charge in [0.1, 0.15) is 6.10 Å². The van der Waals surface area contributed by atoms with Crippen LogP contribution in [0.5, 0.6) is 0 Å². The molecule has 8 heteroatoms. The number of aliphatic hydroxyl groups excluding tert-OH is 1. The van der Waals surface area contributed by atoms with E-state index in [2.05, 4.69) is 15.1 Å². The molecule has 2 aliphatic heterocycles. The second kappa shape index (κ2) is 6.94. The van der Waals surface area contributed by atoms with Crippen molar-refractivity contribution in [3.63, 3.8) is 0 Å². The van der Waals surface area contributed by atoms with E-state index in [0.29, 0.717) is 23.1 Å². The first kappa shape index (κ1) is 17.4. The molecule has 1 N–H and O–H groups in total. The monoisotopic (exact) mass is 359 g/mol. The molecule has 1 amide bonds. The van der Waals surface area contributed by atoms with Crippen LogP contribution in [-0.2, 0) is 4.74 Å². The third kappa shape index (κ3) is 3.08. The predicted molar refractivity (Wildman–Crippen MR) is 94.9 cm³/mol. The Bertz CT molecular complexity index is 793. The lowest BCUT2D eigenvalue weighted by atomic mass is 10.0. The number of likely N-dealkylation sites (tertiary alicyclic amines) is 1. The van der Waals surface area contributed by atoms with E-state index in [-0.39, 0.29) is 11.8 Å². The first-order valence-corrected chi connectivity index (χ1v) is 9.18. The summed E-state index contributed by atoms with van der Waals surface area (Å²) in [5.74, 6) is 0.501. The van der Waals surface area contributed by atoms with Crippen molar-refractivity contribution in [2.24, 2.45) is 5.92 Å². The number of carbonyl (C=O) groups excluding carboxylic acids is 1. The number of pyridine rings is 1. The molecule has 0 spiro atoms. The SMILES string of the molecule is CC(C)C(O)c1nnc2ccc(C(=O)N3CC(N4CCOCC4)C3)cn12. The molecule has 2 aromatic heterocycles. The molecule has 4 rings (SSSR count). The predicted octanol–water partition coefficient (Wildman–Crippen LogP) is 0.575. The smallest absolute Gasteiger partial charge is 0.255 e. The van der Waals surface area contributed by atoms with Gasteiger partial charge in [0.05, 0.1) is 18.8 Å². The van der Waals surface area contributed by atoms with Crippen molar-refractivity contribution < 1.29 is 14.6 Å². The fourth-order valence-electron chi connectivity index (χ4n) is 3.51. The number of nitrogens with zero attached hydrogens (tertiary/aromatic N) is 5. The molecule has 1 unspecified atom stereocenters. The molecule has 4 heterocycles. The zero-order valence-electron chi connectivity index (χ0n) is 15.2. The Morgan fingerprint density at radius 3 is 2.65 bits per heavy atom. The summed E-state index contributed by atoms with van der Waals surface area (Å²) in [5, 5.41) is 18.5. The van der Waals surface area contributed by atoms with Crippen LogP contribution in [0, 0.1) is 5.92 Å². The molecule has 8 nitrogen and oxygen atoms in total. The number of fused-ring (bicyclic) bond motifs is 1. The fraction of sp³-hybridized carbons (Fsp3) is 0.611. The molecule has 140 valence electrons. The highest BCUT2D eigenvalue weighted by Gasteiger charge is 2.35. The van der Waals surface area contributed by atoms with Crippen LogP contribution in [0.2, 0.25) is 0 Å². The van der Waals surface area contributed by atoms with Crippen LogP contribution in [-0.4, -0.2) is 80.8 Å². The van der Waals surface area contributed by atoms with Crippen molar-refractivity contribution in [1.82, 2.24) is 24.4 Å². The van der Waals surface area contributed by atoms with Crippen LogP contribution in [0.3, 0.4) is 0 Å². The summed E-state index contributed by atoms with van der Waals surface area (Å²) in [6.45, 7) is 8.78. The van der Waals surface area contributed by atoms with E-state index in [1.165, 1.54) is 0 Å². The maximum Gasteiger partial charge on any atom is 0.255 e. The summed E-state index contributed by atoms with van der Waals surface area (Å²) in [6, 6.07) is 3.98. The molecule has 0 saturated carbocycles. The number of aliphatic hydroxyl groups is 1.